The zero-order chi connectivity index (χ0) is 16.0. The number of rotatable bonds is 3. The third kappa shape index (κ3) is 2.54. The Kier molecular flexibility index (Phi) is 4.20. The summed E-state index contributed by atoms with van der Waals surface area (Å²) in [6, 6.07) is 0. The Balaban J connectivity index is 1.55. The number of hydrogen-bond acceptors (Lipinski definition) is 1. The van der Waals surface area contributed by atoms with Crippen molar-refractivity contribution in [3.63, 3.8) is 0 Å². The lowest BCUT2D eigenvalue weighted by Crippen LogP contribution is -2.43. The smallest absolute Gasteiger partial charge is 0.0580 e. The summed E-state index contributed by atoms with van der Waals surface area (Å²) in [5.74, 6) is 2.70. The van der Waals surface area contributed by atoms with Crippen molar-refractivity contribution in [1.82, 2.24) is 0 Å². The molecule has 1 fully saturated rings. The third-order valence-corrected chi connectivity index (χ3v) is 7.89. The number of unbranched alkanes of at least 4 members (excludes halogenated alkanes) is 1. The van der Waals surface area contributed by atoms with Gasteiger partial charge >= 0.3 is 0 Å². The van der Waals surface area contributed by atoms with Crippen LogP contribution in [0.1, 0.15) is 84.5 Å². The average molecular weight is 315 g/mol. The maximum absolute atomic E-state index is 10.0. The van der Waals surface area contributed by atoms with Crippen LogP contribution in [-0.4, -0.2) is 11.2 Å². The number of aliphatic hydroxyl groups is 1. The molecule has 4 aliphatic carbocycles. The molecule has 0 heterocycles. The summed E-state index contributed by atoms with van der Waals surface area (Å²) in [5.41, 5.74) is 5.78. The summed E-state index contributed by atoms with van der Waals surface area (Å²) in [6.45, 7) is 4.91. The molecule has 0 aromatic rings. The fourth-order valence-corrected chi connectivity index (χ4v) is 6.60. The molecule has 5 atom stereocenters. The van der Waals surface area contributed by atoms with Gasteiger partial charge in [-0.1, -0.05) is 43.1 Å². The van der Waals surface area contributed by atoms with Gasteiger partial charge in [0.05, 0.1) is 6.10 Å². The van der Waals surface area contributed by atoms with Crippen molar-refractivity contribution in [1.29, 1.82) is 0 Å². The van der Waals surface area contributed by atoms with Crippen LogP contribution in [0.2, 0.25) is 0 Å². The molecule has 0 aliphatic heterocycles. The molecule has 1 N–H and O–H groups in total. The minimum atomic E-state index is -0.0482. The normalized spacial score (nSPS) is 42.8. The molecule has 128 valence electrons. The lowest BCUT2D eigenvalue weighted by Gasteiger charge is -2.52. The topological polar surface area (TPSA) is 20.2 Å². The largest absolute Gasteiger partial charge is 0.393 e. The lowest BCUT2D eigenvalue weighted by molar-refractivity contribution is 0.0478. The molecule has 0 saturated heterocycles. The molecular formula is C22H34O. The molecule has 4 aliphatic rings. The molecule has 1 nitrogen and oxygen atoms in total. The molecular weight excluding hydrogens is 280 g/mol. The molecule has 0 aromatic carbocycles. The zero-order valence-corrected chi connectivity index (χ0v) is 15.1. The summed E-state index contributed by atoms with van der Waals surface area (Å²) in [6.07, 6.45) is 16.7. The summed E-state index contributed by atoms with van der Waals surface area (Å²) >= 11 is 0. The maximum Gasteiger partial charge on any atom is 0.0580 e. The van der Waals surface area contributed by atoms with Crippen LogP contribution in [0.4, 0.5) is 0 Å². The lowest BCUT2D eigenvalue weighted by atomic mass is 9.53. The van der Waals surface area contributed by atoms with Crippen LogP contribution in [0.15, 0.2) is 22.8 Å². The van der Waals surface area contributed by atoms with Crippen LogP contribution in [-0.2, 0) is 0 Å². The minimum Gasteiger partial charge on any atom is -0.393 e. The van der Waals surface area contributed by atoms with Gasteiger partial charge in [-0.2, -0.15) is 0 Å². The minimum absolute atomic E-state index is 0.0482. The van der Waals surface area contributed by atoms with Crippen LogP contribution in [0.25, 0.3) is 0 Å². The predicted octanol–water partition coefficient (Wildman–Crippen LogP) is 5.79. The van der Waals surface area contributed by atoms with Crippen molar-refractivity contribution < 1.29 is 5.11 Å². The molecule has 3 unspecified atom stereocenters. The van der Waals surface area contributed by atoms with E-state index in [9.17, 15) is 5.11 Å². The van der Waals surface area contributed by atoms with E-state index in [0.29, 0.717) is 5.41 Å². The molecule has 1 saturated carbocycles. The van der Waals surface area contributed by atoms with Gasteiger partial charge in [0.15, 0.2) is 0 Å². The Morgan fingerprint density at radius 2 is 2.09 bits per heavy atom. The van der Waals surface area contributed by atoms with Gasteiger partial charge in [-0.3, -0.25) is 0 Å². The van der Waals surface area contributed by atoms with E-state index < -0.39 is 0 Å². The Bertz CT molecular complexity index is 528. The number of aliphatic hydroxyl groups excluding tert-OH is 1. The standard InChI is InChI=1S/C22H34O/c1-3-4-5-16-7-11-21-20-9-6-15-14-17(23)8-10-18(15)19(20)12-13-22(16,21)2/h7,17,19-21,23H,3-6,8-14H2,1-2H3/t17-,19?,20?,21?,22+/m0/s1. The van der Waals surface area contributed by atoms with Crippen LogP contribution < -0.4 is 0 Å². The van der Waals surface area contributed by atoms with Crippen molar-refractivity contribution in [2.75, 3.05) is 0 Å². The van der Waals surface area contributed by atoms with Gasteiger partial charge in [0.25, 0.3) is 0 Å². The molecule has 4 rings (SSSR count). The quantitative estimate of drug-likeness (QED) is 0.654. The van der Waals surface area contributed by atoms with Crippen molar-refractivity contribution in [2.45, 2.75) is 90.6 Å². The Labute approximate surface area is 142 Å². The maximum atomic E-state index is 10.0. The second kappa shape index (κ2) is 6.06. The second-order valence-electron chi connectivity index (χ2n) is 8.97. The first-order valence-corrected chi connectivity index (χ1v) is 10.2. The first-order valence-electron chi connectivity index (χ1n) is 10.2. The van der Waals surface area contributed by atoms with Crippen molar-refractivity contribution in [2.24, 2.45) is 23.2 Å². The first-order chi connectivity index (χ1) is 11.1. The van der Waals surface area contributed by atoms with Crippen molar-refractivity contribution >= 4 is 0 Å². The van der Waals surface area contributed by atoms with E-state index in [0.717, 1.165) is 30.6 Å². The Morgan fingerprint density at radius 3 is 2.91 bits per heavy atom. The molecule has 0 bridgehead atoms. The van der Waals surface area contributed by atoms with E-state index >= 15 is 0 Å². The van der Waals surface area contributed by atoms with Crippen LogP contribution in [0.3, 0.4) is 0 Å². The molecule has 0 radical (unpaired) electrons. The molecule has 0 aromatic heterocycles. The summed E-state index contributed by atoms with van der Waals surface area (Å²) < 4.78 is 0. The predicted molar refractivity (Wildman–Crippen MR) is 96.2 cm³/mol. The van der Waals surface area contributed by atoms with Crippen LogP contribution in [0, 0.1) is 23.2 Å². The van der Waals surface area contributed by atoms with E-state index in [4.69, 9.17) is 0 Å². The molecule has 1 heteroatoms. The van der Waals surface area contributed by atoms with Crippen molar-refractivity contribution in [3.05, 3.63) is 22.8 Å². The van der Waals surface area contributed by atoms with Crippen LogP contribution in [0.5, 0.6) is 0 Å². The van der Waals surface area contributed by atoms with Crippen molar-refractivity contribution in [3.8, 4) is 0 Å². The van der Waals surface area contributed by atoms with Gasteiger partial charge in [0.2, 0.25) is 0 Å². The van der Waals surface area contributed by atoms with E-state index in [1.165, 1.54) is 57.8 Å². The second-order valence-corrected chi connectivity index (χ2v) is 8.97. The van der Waals surface area contributed by atoms with Gasteiger partial charge in [0.1, 0.15) is 0 Å². The highest BCUT2D eigenvalue weighted by molar-refractivity contribution is 5.31. The zero-order valence-electron chi connectivity index (χ0n) is 15.1. The van der Waals surface area contributed by atoms with E-state index in [1.807, 2.05) is 5.57 Å². The fraction of sp³-hybridized carbons (Fsp3) is 0.818. The summed E-state index contributed by atoms with van der Waals surface area (Å²) in [7, 11) is 0. The Morgan fingerprint density at radius 1 is 1.22 bits per heavy atom. The van der Waals surface area contributed by atoms with Gasteiger partial charge in [-0.05, 0) is 87.4 Å². The van der Waals surface area contributed by atoms with Gasteiger partial charge in [-0.25, -0.2) is 0 Å². The van der Waals surface area contributed by atoms with Gasteiger partial charge < -0.3 is 5.11 Å². The number of fused-ring (bicyclic) bond motifs is 4. The molecule has 0 amide bonds. The molecule has 23 heavy (non-hydrogen) atoms. The first kappa shape index (κ1) is 15.9. The van der Waals surface area contributed by atoms with E-state index in [1.54, 1.807) is 11.1 Å². The fourth-order valence-electron chi connectivity index (χ4n) is 6.60. The SMILES string of the molecule is CCCCC1=CCC2C3CCC4=C(CC[C@H](O)C4)C3CC[C@]12C. The van der Waals surface area contributed by atoms with E-state index in [2.05, 4.69) is 19.9 Å². The number of allylic oxidation sites excluding steroid dienone is 3. The highest BCUT2D eigenvalue weighted by Crippen LogP contribution is 2.61. The van der Waals surface area contributed by atoms with Crippen LogP contribution >= 0.6 is 0 Å². The molecule has 0 spiro atoms. The van der Waals surface area contributed by atoms with Gasteiger partial charge in [0, 0.05) is 0 Å². The monoisotopic (exact) mass is 314 g/mol. The number of hydrogen-bond donors (Lipinski definition) is 1. The van der Waals surface area contributed by atoms with Gasteiger partial charge in [-0.15, -0.1) is 0 Å². The third-order valence-electron chi connectivity index (χ3n) is 7.89. The van der Waals surface area contributed by atoms with E-state index in [-0.39, 0.29) is 6.10 Å². The Hall–Kier alpha value is -0.560. The average Bonchev–Trinajstić information content (AvgIpc) is 2.89. The highest BCUT2D eigenvalue weighted by Gasteiger charge is 2.51. The summed E-state index contributed by atoms with van der Waals surface area (Å²) in [5, 5.41) is 10.0. The summed E-state index contributed by atoms with van der Waals surface area (Å²) in [4.78, 5) is 0. The highest BCUT2D eigenvalue weighted by atomic mass is 16.3.